The second-order valence-corrected chi connectivity index (χ2v) is 5.69. The fraction of sp³-hybridized carbons (Fsp3) is 0.714. The van der Waals surface area contributed by atoms with Crippen LogP contribution in [0, 0.1) is 12.8 Å². The van der Waals surface area contributed by atoms with Gasteiger partial charge in [-0.2, -0.15) is 0 Å². The molecule has 0 spiro atoms. The largest absolute Gasteiger partial charge is 0.338 e. The first-order valence-corrected chi connectivity index (χ1v) is 7.10. The van der Waals surface area contributed by atoms with E-state index in [0.29, 0.717) is 6.54 Å². The molecule has 0 aliphatic carbocycles. The number of aromatic nitrogens is 2. The van der Waals surface area contributed by atoms with E-state index in [0.717, 1.165) is 49.4 Å². The third-order valence-electron chi connectivity index (χ3n) is 3.38. The minimum Gasteiger partial charge on any atom is -0.338 e. The molecular weight excluding hydrogens is 238 g/mol. The molecule has 1 aliphatic heterocycles. The number of aryl methyl sites for hydroxylation is 1. The van der Waals surface area contributed by atoms with E-state index in [1.165, 1.54) is 6.54 Å². The summed E-state index contributed by atoms with van der Waals surface area (Å²) in [5.74, 6) is 1.57. The van der Waals surface area contributed by atoms with Crippen molar-refractivity contribution in [2.75, 3.05) is 37.6 Å². The summed E-state index contributed by atoms with van der Waals surface area (Å²) in [7, 11) is 0. The second kappa shape index (κ2) is 6.30. The van der Waals surface area contributed by atoms with Crippen molar-refractivity contribution in [2.45, 2.75) is 27.3 Å². The number of nitrogens with zero attached hydrogens (tertiary/aromatic N) is 4. The van der Waals surface area contributed by atoms with Gasteiger partial charge in [0.15, 0.2) is 0 Å². The zero-order chi connectivity index (χ0) is 13.8. The molecule has 0 saturated carbocycles. The molecule has 0 aromatic carbocycles. The third-order valence-corrected chi connectivity index (χ3v) is 3.38. The highest BCUT2D eigenvalue weighted by molar-refractivity contribution is 5.33. The highest BCUT2D eigenvalue weighted by atomic mass is 15.3. The van der Waals surface area contributed by atoms with Gasteiger partial charge >= 0.3 is 0 Å². The summed E-state index contributed by atoms with van der Waals surface area (Å²) in [6, 6.07) is 1.96. The summed E-state index contributed by atoms with van der Waals surface area (Å²) < 4.78 is 0. The molecule has 1 saturated heterocycles. The van der Waals surface area contributed by atoms with Crippen molar-refractivity contribution < 1.29 is 0 Å². The van der Waals surface area contributed by atoms with E-state index in [-0.39, 0.29) is 0 Å². The van der Waals surface area contributed by atoms with Gasteiger partial charge in [-0.3, -0.25) is 4.90 Å². The van der Waals surface area contributed by atoms with Crippen molar-refractivity contribution in [3.63, 3.8) is 0 Å². The second-order valence-electron chi connectivity index (χ2n) is 5.69. The van der Waals surface area contributed by atoms with Crippen molar-refractivity contribution in [1.29, 1.82) is 0 Å². The normalized spacial score (nSPS) is 17.2. The fourth-order valence-corrected chi connectivity index (χ4v) is 2.51. The van der Waals surface area contributed by atoms with Crippen molar-refractivity contribution in [3.05, 3.63) is 17.5 Å². The van der Waals surface area contributed by atoms with Crippen LogP contribution in [0.3, 0.4) is 0 Å². The lowest BCUT2D eigenvalue weighted by Crippen LogP contribution is -2.48. The molecule has 19 heavy (non-hydrogen) atoms. The molecule has 0 bridgehead atoms. The van der Waals surface area contributed by atoms with Crippen LogP contribution in [-0.2, 0) is 6.54 Å². The van der Waals surface area contributed by atoms with Crippen LogP contribution in [0.15, 0.2) is 6.07 Å². The Labute approximate surface area is 115 Å². The molecule has 1 aromatic heterocycles. The van der Waals surface area contributed by atoms with Gasteiger partial charge in [0.1, 0.15) is 0 Å². The van der Waals surface area contributed by atoms with Crippen molar-refractivity contribution in [2.24, 2.45) is 11.7 Å². The van der Waals surface area contributed by atoms with Crippen LogP contribution in [0.1, 0.15) is 25.2 Å². The molecule has 2 heterocycles. The number of rotatable bonds is 4. The number of piperazine rings is 1. The quantitative estimate of drug-likeness (QED) is 0.879. The van der Waals surface area contributed by atoms with Crippen LogP contribution in [0.25, 0.3) is 0 Å². The van der Waals surface area contributed by atoms with Gasteiger partial charge in [-0.05, 0) is 18.9 Å². The molecular formula is C14H25N5. The minimum absolute atomic E-state index is 0.476. The van der Waals surface area contributed by atoms with Crippen LogP contribution < -0.4 is 10.6 Å². The van der Waals surface area contributed by atoms with Crippen LogP contribution >= 0.6 is 0 Å². The van der Waals surface area contributed by atoms with Gasteiger partial charge in [0.25, 0.3) is 0 Å². The van der Waals surface area contributed by atoms with E-state index >= 15 is 0 Å². The van der Waals surface area contributed by atoms with E-state index in [4.69, 9.17) is 5.73 Å². The highest BCUT2D eigenvalue weighted by Gasteiger charge is 2.19. The van der Waals surface area contributed by atoms with E-state index in [1.54, 1.807) is 0 Å². The molecule has 0 amide bonds. The zero-order valence-corrected chi connectivity index (χ0v) is 12.3. The number of nitrogens with two attached hydrogens (primary N) is 1. The molecule has 1 aliphatic rings. The predicted octanol–water partition coefficient (Wildman–Crippen LogP) is 1.02. The van der Waals surface area contributed by atoms with Crippen LogP contribution in [0.5, 0.6) is 0 Å². The minimum atomic E-state index is 0.476. The van der Waals surface area contributed by atoms with Crippen molar-refractivity contribution in [1.82, 2.24) is 14.9 Å². The van der Waals surface area contributed by atoms with E-state index in [9.17, 15) is 0 Å². The Balaban J connectivity index is 1.99. The highest BCUT2D eigenvalue weighted by Crippen LogP contribution is 2.13. The van der Waals surface area contributed by atoms with Crippen LogP contribution in [-0.4, -0.2) is 47.6 Å². The number of hydrogen-bond donors (Lipinski definition) is 1. The first-order valence-electron chi connectivity index (χ1n) is 7.10. The third kappa shape index (κ3) is 3.88. The summed E-state index contributed by atoms with van der Waals surface area (Å²) >= 11 is 0. The molecule has 5 heteroatoms. The molecule has 106 valence electrons. The molecule has 2 rings (SSSR count). The molecule has 5 nitrogen and oxygen atoms in total. The summed E-state index contributed by atoms with van der Waals surface area (Å²) in [6.07, 6.45) is 0. The molecule has 2 N–H and O–H groups in total. The fourth-order valence-electron chi connectivity index (χ4n) is 2.51. The standard InChI is InChI=1S/C14H25N5/c1-11(2)10-18-4-6-19(7-5-18)14-16-12(3)8-13(9-15)17-14/h8,11H,4-7,9-10,15H2,1-3H3. The number of hydrogen-bond acceptors (Lipinski definition) is 5. The van der Waals surface area contributed by atoms with Gasteiger partial charge in [0.2, 0.25) is 5.95 Å². The molecule has 0 radical (unpaired) electrons. The predicted molar refractivity (Wildman–Crippen MR) is 78.2 cm³/mol. The maximum absolute atomic E-state index is 5.68. The van der Waals surface area contributed by atoms with Gasteiger partial charge in [0.05, 0.1) is 5.69 Å². The van der Waals surface area contributed by atoms with E-state index in [2.05, 4.69) is 33.6 Å². The van der Waals surface area contributed by atoms with Gasteiger partial charge in [-0.1, -0.05) is 13.8 Å². The smallest absolute Gasteiger partial charge is 0.225 e. The zero-order valence-electron chi connectivity index (χ0n) is 12.3. The lowest BCUT2D eigenvalue weighted by Gasteiger charge is -2.35. The van der Waals surface area contributed by atoms with Gasteiger partial charge in [-0.25, -0.2) is 9.97 Å². The Morgan fingerprint density at radius 2 is 1.89 bits per heavy atom. The van der Waals surface area contributed by atoms with E-state index in [1.807, 2.05) is 13.0 Å². The molecule has 0 unspecified atom stereocenters. The SMILES string of the molecule is Cc1cc(CN)nc(N2CCN(CC(C)C)CC2)n1. The Morgan fingerprint density at radius 3 is 2.47 bits per heavy atom. The maximum atomic E-state index is 5.68. The average Bonchev–Trinajstić information content (AvgIpc) is 2.38. The lowest BCUT2D eigenvalue weighted by atomic mass is 10.2. The summed E-state index contributed by atoms with van der Waals surface area (Å²) in [4.78, 5) is 13.8. The lowest BCUT2D eigenvalue weighted by molar-refractivity contribution is 0.230. The topological polar surface area (TPSA) is 58.3 Å². The van der Waals surface area contributed by atoms with E-state index < -0.39 is 0 Å². The first-order chi connectivity index (χ1) is 9.08. The summed E-state index contributed by atoms with van der Waals surface area (Å²) in [6.45, 7) is 12.4. The van der Waals surface area contributed by atoms with Crippen molar-refractivity contribution >= 4 is 5.95 Å². The van der Waals surface area contributed by atoms with Gasteiger partial charge in [0, 0.05) is 45.0 Å². The van der Waals surface area contributed by atoms with Crippen LogP contribution in [0.4, 0.5) is 5.95 Å². The number of anilines is 1. The summed E-state index contributed by atoms with van der Waals surface area (Å²) in [5, 5.41) is 0. The monoisotopic (exact) mass is 263 g/mol. The molecule has 1 fully saturated rings. The van der Waals surface area contributed by atoms with Crippen molar-refractivity contribution in [3.8, 4) is 0 Å². The summed E-state index contributed by atoms with van der Waals surface area (Å²) in [5.41, 5.74) is 7.60. The Morgan fingerprint density at radius 1 is 1.21 bits per heavy atom. The Hall–Kier alpha value is -1.20. The molecule has 0 atom stereocenters. The maximum Gasteiger partial charge on any atom is 0.225 e. The van der Waals surface area contributed by atoms with Gasteiger partial charge < -0.3 is 10.6 Å². The van der Waals surface area contributed by atoms with Crippen LogP contribution in [0.2, 0.25) is 0 Å². The van der Waals surface area contributed by atoms with Gasteiger partial charge in [-0.15, -0.1) is 0 Å². The Bertz CT molecular complexity index is 410. The first kappa shape index (κ1) is 14.2. The molecule has 1 aromatic rings. The Kier molecular flexibility index (Phi) is 4.71. The average molecular weight is 263 g/mol.